The minimum Gasteiger partial charge on any atom is -0.483 e. The summed E-state index contributed by atoms with van der Waals surface area (Å²) in [5.41, 5.74) is 3.13. The highest BCUT2D eigenvalue weighted by atomic mass is 19.4. The second-order valence-corrected chi connectivity index (χ2v) is 6.54. The van der Waals surface area contributed by atoms with Crippen molar-refractivity contribution in [1.29, 1.82) is 5.26 Å². The lowest BCUT2D eigenvalue weighted by molar-refractivity contribution is -0.153. The van der Waals surface area contributed by atoms with Crippen molar-refractivity contribution in [3.8, 4) is 23.1 Å². The second-order valence-electron chi connectivity index (χ2n) is 6.54. The van der Waals surface area contributed by atoms with E-state index < -0.39 is 12.8 Å². The van der Waals surface area contributed by atoms with E-state index in [1.165, 1.54) is 18.2 Å². The lowest BCUT2D eigenvalue weighted by atomic mass is 10.2. The minimum atomic E-state index is -4.50. The number of H-pyrrole nitrogens is 1. The summed E-state index contributed by atoms with van der Waals surface area (Å²) in [5.74, 6) is -0.466. The fraction of sp³-hybridized carbons (Fsp3) is 0.182. The number of aryl methyl sites for hydroxylation is 1. The summed E-state index contributed by atoms with van der Waals surface area (Å²) in [5, 5.41) is 11.8. The fourth-order valence-electron chi connectivity index (χ4n) is 2.82. The van der Waals surface area contributed by atoms with Gasteiger partial charge in [-0.3, -0.25) is 4.79 Å². The third-order valence-electron chi connectivity index (χ3n) is 4.23. The van der Waals surface area contributed by atoms with Crippen LogP contribution in [0.15, 0.2) is 60.7 Å². The highest BCUT2D eigenvalue weighted by Gasteiger charge is 2.28. The number of hydrogen-bond acceptors (Lipinski definition) is 3. The maximum atomic E-state index is 12.3. The predicted octanol–water partition coefficient (Wildman–Crippen LogP) is 5.07. The zero-order chi connectivity index (χ0) is 21.6. The zero-order valence-corrected chi connectivity index (χ0v) is 15.8. The normalized spacial score (nSPS) is 11.0. The highest BCUT2D eigenvalue weighted by molar-refractivity contribution is 5.91. The topological polar surface area (TPSA) is 77.9 Å². The van der Waals surface area contributed by atoms with Crippen LogP contribution < -0.4 is 10.1 Å². The van der Waals surface area contributed by atoms with Crippen molar-refractivity contribution in [2.24, 2.45) is 0 Å². The molecule has 3 rings (SSSR count). The fourth-order valence-corrected chi connectivity index (χ4v) is 2.82. The van der Waals surface area contributed by atoms with Gasteiger partial charge in [-0.2, -0.15) is 18.4 Å². The van der Waals surface area contributed by atoms with Gasteiger partial charge in [-0.1, -0.05) is 30.3 Å². The zero-order valence-electron chi connectivity index (χ0n) is 15.8. The Kier molecular flexibility index (Phi) is 6.42. The number of ether oxygens (including phenoxy) is 1. The minimum absolute atomic E-state index is 0.0890. The molecule has 0 radical (unpaired) electrons. The Morgan fingerprint density at radius 2 is 1.87 bits per heavy atom. The van der Waals surface area contributed by atoms with E-state index in [1.807, 2.05) is 42.5 Å². The molecule has 5 nitrogen and oxygen atoms in total. The number of nitrogens with one attached hydrogen (secondary N) is 2. The van der Waals surface area contributed by atoms with Gasteiger partial charge in [0.05, 0.1) is 5.56 Å². The van der Waals surface area contributed by atoms with Crippen LogP contribution in [-0.2, 0) is 11.2 Å². The maximum absolute atomic E-state index is 12.3. The van der Waals surface area contributed by atoms with Crippen molar-refractivity contribution in [1.82, 2.24) is 4.98 Å². The van der Waals surface area contributed by atoms with Gasteiger partial charge in [0.1, 0.15) is 11.8 Å². The number of aromatic amines is 1. The standard InChI is InChI=1S/C22H18F3N3O2/c23-22(24,25)14-30-20-10-7-18(12-16(20)13-26)28-21(29)11-8-17-6-9-19(27-17)15-4-2-1-3-5-15/h1-7,9-10,12,27H,8,11,14H2,(H,28,29). The van der Waals surface area contributed by atoms with E-state index in [0.29, 0.717) is 12.1 Å². The molecule has 0 fully saturated rings. The molecular formula is C22H18F3N3O2. The lowest BCUT2D eigenvalue weighted by Gasteiger charge is -2.12. The van der Waals surface area contributed by atoms with Crippen LogP contribution in [0.4, 0.5) is 18.9 Å². The number of anilines is 1. The van der Waals surface area contributed by atoms with Gasteiger partial charge in [-0.15, -0.1) is 0 Å². The Morgan fingerprint density at radius 1 is 1.10 bits per heavy atom. The predicted molar refractivity (Wildman–Crippen MR) is 106 cm³/mol. The Morgan fingerprint density at radius 3 is 2.57 bits per heavy atom. The van der Waals surface area contributed by atoms with Crippen LogP contribution in [0, 0.1) is 11.3 Å². The number of nitriles is 1. The van der Waals surface area contributed by atoms with E-state index in [2.05, 4.69) is 15.0 Å². The first-order valence-corrected chi connectivity index (χ1v) is 9.11. The molecule has 1 aromatic heterocycles. The molecule has 0 bridgehead atoms. The van der Waals surface area contributed by atoms with Crippen molar-refractivity contribution in [3.63, 3.8) is 0 Å². The van der Waals surface area contributed by atoms with Crippen molar-refractivity contribution in [2.45, 2.75) is 19.0 Å². The molecule has 2 aromatic carbocycles. The molecular weight excluding hydrogens is 395 g/mol. The van der Waals surface area contributed by atoms with E-state index in [-0.39, 0.29) is 23.6 Å². The van der Waals surface area contributed by atoms with E-state index in [9.17, 15) is 18.0 Å². The Bertz CT molecular complexity index is 1050. The Balaban J connectivity index is 1.56. The molecule has 30 heavy (non-hydrogen) atoms. The molecule has 0 unspecified atom stereocenters. The second kappa shape index (κ2) is 9.18. The smallest absolute Gasteiger partial charge is 0.422 e. The molecule has 0 aliphatic rings. The van der Waals surface area contributed by atoms with Crippen molar-refractivity contribution >= 4 is 11.6 Å². The summed E-state index contributed by atoms with van der Waals surface area (Å²) in [6.45, 7) is -1.49. The number of carbonyl (C=O) groups excluding carboxylic acids is 1. The van der Waals surface area contributed by atoms with Crippen molar-refractivity contribution in [3.05, 3.63) is 71.9 Å². The van der Waals surface area contributed by atoms with Crippen LogP contribution in [0.5, 0.6) is 5.75 Å². The average molecular weight is 413 g/mol. The Labute approximate surface area is 171 Å². The maximum Gasteiger partial charge on any atom is 0.422 e. The molecule has 0 saturated heterocycles. The van der Waals surface area contributed by atoms with Crippen molar-refractivity contribution in [2.75, 3.05) is 11.9 Å². The van der Waals surface area contributed by atoms with Crippen LogP contribution in [0.2, 0.25) is 0 Å². The number of rotatable bonds is 7. The molecule has 1 amide bonds. The largest absolute Gasteiger partial charge is 0.483 e. The summed E-state index contributed by atoms with van der Waals surface area (Å²) >= 11 is 0. The molecule has 0 aliphatic heterocycles. The number of hydrogen-bond donors (Lipinski definition) is 2. The van der Waals surface area contributed by atoms with Gasteiger partial charge in [-0.25, -0.2) is 0 Å². The highest BCUT2D eigenvalue weighted by Crippen LogP contribution is 2.25. The van der Waals surface area contributed by atoms with Gasteiger partial charge < -0.3 is 15.0 Å². The molecule has 0 atom stereocenters. The number of carbonyl (C=O) groups is 1. The molecule has 0 aliphatic carbocycles. The van der Waals surface area contributed by atoms with E-state index >= 15 is 0 Å². The number of amides is 1. The monoisotopic (exact) mass is 413 g/mol. The van der Waals surface area contributed by atoms with Crippen LogP contribution in [0.1, 0.15) is 17.7 Å². The molecule has 154 valence electrons. The average Bonchev–Trinajstić information content (AvgIpc) is 3.20. The summed E-state index contributed by atoms with van der Waals surface area (Å²) < 4.78 is 41.5. The SMILES string of the molecule is N#Cc1cc(NC(=O)CCc2ccc(-c3ccccc3)[nH]2)ccc1OCC(F)(F)F. The Hall–Kier alpha value is -3.73. The van der Waals surface area contributed by atoms with E-state index in [0.717, 1.165) is 17.0 Å². The van der Waals surface area contributed by atoms with Gasteiger partial charge in [0.25, 0.3) is 0 Å². The molecule has 2 N–H and O–H groups in total. The molecule has 8 heteroatoms. The van der Waals surface area contributed by atoms with Crippen molar-refractivity contribution < 1.29 is 22.7 Å². The summed E-state index contributed by atoms with van der Waals surface area (Å²) in [7, 11) is 0. The van der Waals surface area contributed by atoms with Crippen LogP contribution in [0.25, 0.3) is 11.3 Å². The first kappa shape index (κ1) is 21.0. The van der Waals surface area contributed by atoms with Gasteiger partial charge >= 0.3 is 6.18 Å². The van der Waals surface area contributed by atoms with Gasteiger partial charge in [0.15, 0.2) is 6.61 Å². The number of alkyl halides is 3. The third kappa shape index (κ3) is 5.88. The molecule has 1 heterocycles. The lowest BCUT2D eigenvalue weighted by Crippen LogP contribution is -2.19. The first-order chi connectivity index (χ1) is 14.3. The number of halogens is 3. The number of aromatic nitrogens is 1. The summed E-state index contributed by atoms with van der Waals surface area (Å²) in [6, 6.07) is 19.3. The summed E-state index contributed by atoms with van der Waals surface area (Å²) in [6.07, 6.45) is -3.82. The molecule has 0 spiro atoms. The molecule has 3 aromatic rings. The van der Waals surface area contributed by atoms with Crippen LogP contribution in [0.3, 0.4) is 0 Å². The van der Waals surface area contributed by atoms with E-state index in [4.69, 9.17) is 5.26 Å². The third-order valence-corrected chi connectivity index (χ3v) is 4.23. The van der Waals surface area contributed by atoms with E-state index in [1.54, 1.807) is 6.07 Å². The first-order valence-electron chi connectivity index (χ1n) is 9.11. The van der Waals surface area contributed by atoms with Crippen LogP contribution in [-0.4, -0.2) is 23.7 Å². The van der Waals surface area contributed by atoms with Crippen LogP contribution >= 0.6 is 0 Å². The van der Waals surface area contributed by atoms with Gasteiger partial charge in [0.2, 0.25) is 5.91 Å². The number of benzene rings is 2. The quantitative estimate of drug-likeness (QED) is 0.568. The summed E-state index contributed by atoms with van der Waals surface area (Å²) in [4.78, 5) is 15.5. The molecule has 0 saturated carbocycles. The number of nitrogens with zero attached hydrogens (tertiary/aromatic N) is 1. The van der Waals surface area contributed by atoms with Gasteiger partial charge in [-0.05, 0) is 42.3 Å². The van der Waals surface area contributed by atoms with Gasteiger partial charge in [0, 0.05) is 23.5 Å².